The second kappa shape index (κ2) is 4.67. The van der Waals surface area contributed by atoms with Crippen LogP contribution in [0.3, 0.4) is 0 Å². The second-order valence-corrected chi connectivity index (χ2v) is 5.03. The summed E-state index contributed by atoms with van der Waals surface area (Å²) in [6, 6.07) is 7.84. The summed E-state index contributed by atoms with van der Waals surface area (Å²) >= 11 is 0. The van der Waals surface area contributed by atoms with Crippen LogP contribution in [-0.2, 0) is 0 Å². The molecule has 0 aliphatic carbocycles. The van der Waals surface area contributed by atoms with E-state index < -0.39 is 0 Å². The van der Waals surface area contributed by atoms with Crippen molar-refractivity contribution in [1.29, 1.82) is 0 Å². The van der Waals surface area contributed by atoms with Gasteiger partial charge in [0.1, 0.15) is 11.9 Å². The van der Waals surface area contributed by atoms with Crippen LogP contribution in [-0.4, -0.2) is 24.3 Å². The maximum Gasteiger partial charge on any atom is 0.125 e. The molecule has 1 fully saturated rings. The molecule has 2 aliphatic heterocycles. The SMILES string of the molecule is OC1CC(C2CCNCC2)Oc2ccccc21. The van der Waals surface area contributed by atoms with E-state index >= 15 is 0 Å². The number of ether oxygens (including phenoxy) is 1. The van der Waals surface area contributed by atoms with E-state index in [0.717, 1.165) is 43.7 Å². The van der Waals surface area contributed by atoms with E-state index in [1.807, 2.05) is 24.3 Å². The molecule has 3 nitrogen and oxygen atoms in total. The first-order valence-corrected chi connectivity index (χ1v) is 6.49. The third-order valence-corrected chi connectivity index (χ3v) is 3.92. The maximum atomic E-state index is 10.2. The quantitative estimate of drug-likeness (QED) is 0.778. The van der Waals surface area contributed by atoms with Gasteiger partial charge in [-0.3, -0.25) is 0 Å². The topological polar surface area (TPSA) is 41.5 Å². The Balaban J connectivity index is 1.78. The van der Waals surface area contributed by atoms with E-state index in [2.05, 4.69) is 5.32 Å². The highest BCUT2D eigenvalue weighted by atomic mass is 16.5. The monoisotopic (exact) mass is 233 g/mol. The van der Waals surface area contributed by atoms with Gasteiger partial charge in [-0.25, -0.2) is 0 Å². The molecule has 1 aromatic carbocycles. The van der Waals surface area contributed by atoms with Crippen LogP contribution in [0, 0.1) is 5.92 Å². The summed E-state index contributed by atoms with van der Waals surface area (Å²) < 4.78 is 6.05. The predicted octanol–water partition coefficient (Wildman–Crippen LogP) is 1.87. The summed E-state index contributed by atoms with van der Waals surface area (Å²) in [7, 11) is 0. The Bertz CT molecular complexity index is 388. The van der Waals surface area contributed by atoms with Crippen LogP contribution in [0.1, 0.15) is 30.9 Å². The molecule has 0 amide bonds. The Morgan fingerprint density at radius 1 is 1.18 bits per heavy atom. The lowest BCUT2D eigenvalue weighted by Crippen LogP contribution is -2.39. The molecule has 92 valence electrons. The van der Waals surface area contributed by atoms with Crippen molar-refractivity contribution in [3.63, 3.8) is 0 Å². The minimum absolute atomic E-state index is 0.182. The Morgan fingerprint density at radius 2 is 1.94 bits per heavy atom. The number of benzene rings is 1. The van der Waals surface area contributed by atoms with Gasteiger partial charge in [-0.15, -0.1) is 0 Å². The zero-order chi connectivity index (χ0) is 11.7. The molecule has 3 rings (SSSR count). The molecule has 17 heavy (non-hydrogen) atoms. The van der Waals surface area contributed by atoms with Gasteiger partial charge in [0.05, 0.1) is 6.10 Å². The number of rotatable bonds is 1. The van der Waals surface area contributed by atoms with Gasteiger partial charge in [-0.2, -0.15) is 0 Å². The van der Waals surface area contributed by atoms with E-state index in [4.69, 9.17) is 4.74 Å². The molecule has 2 aliphatic rings. The zero-order valence-electron chi connectivity index (χ0n) is 9.93. The van der Waals surface area contributed by atoms with Gasteiger partial charge >= 0.3 is 0 Å². The fourth-order valence-electron chi connectivity index (χ4n) is 2.93. The summed E-state index contributed by atoms with van der Waals surface area (Å²) in [5, 5.41) is 13.5. The molecule has 0 bridgehead atoms. The summed E-state index contributed by atoms with van der Waals surface area (Å²) in [6.07, 6.45) is 2.86. The van der Waals surface area contributed by atoms with Crippen molar-refractivity contribution in [2.45, 2.75) is 31.5 Å². The minimum Gasteiger partial charge on any atom is -0.490 e. The van der Waals surface area contributed by atoms with Gasteiger partial charge in [-0.1, -0.05) is 18.2 Å². The lowest BCUT2D eigenvalue weighted by Gasteiger charge is -2.36. The van der Waals surface area contributed by atoms with Crippen molar-refractivity contribution >= 4 is 0 Å². The molecule has 3 heteroatoms. The summed E-state index contributed by atoms with van der Waals surface area (Å²) in [5.41, 5.74) is 0.942. The lowest BCUT2D eigenvalue weighted by molar-refractivity contribution is 0.0254. The van der Waals surface area contributed by atoms with Crippen LogP contribution in [0.2, 0.25) is 0 Å². The molecule has 1 aromatic rings. The molecular formula is C14H19NO2. The third-order valence-electron chi connectivity index (χ3n) is 3.92. The average Bonchev–Trinajstić information content (AvgIpc) is 2.40. The van der Waals surface area contributed by atoms with Gasteiger partial charge in [0.15, 0.2) is 0 Å². The smallest absolute Gasteiger partial charge is 0.125 e. The number of hydrogen-bond donors (Lipinski definition) is 2. The highest BCUT2D eigenvalue weighted by Gasteiger charge is 2.32. The molecule has 0 spiro atoms. The van der Waals surface area contributed by atoms with Gasteiger partial charge in [0, 0.05) is 12.0 Å². The number of para-hydroxylation sites is 1. The van der Waals surface area contributed by atoms with E-state index in [-0.39, 0.29) is 12.2 Å². The number of hydrogen-bond acceptors (Lipinski definition) is 3. The fraction of sp³-hybridized carbons (Fsp3) is 0.571. The molecule has 1 saturated heterocycles. The van der Waals surface area contributed by atoms with Gasteiger partial charge in [0.25, 0.3) is 0 Å². The largest absolute Gasteiger partial charge is 0.490 e. The first-order valence-electron chi connectivity index (χ1n) is 6.49. The molecule has 2 unspecified atom stereocenters. The lowest BCUT2D eigenvalue weighted by atomic mass is 9.86. The molecule has 0 saturated carbocycles. The van der Waals surface area contributed by atoms with Gasteiger partial charge < -0.3 is 15.2 Å². The second-order valence-electron chi connectivity index (χ2n) is 5.03. The highest BCUT2D eigenvalue weighted by Crippen LogP contribution is 2.38. The predicted molar refractivity (Wildman–Crippen MR) is 66.0 cm³/mol. The highest BCUT2D eigenvalue weighted by molar-refractivity contribution is 5.37. The van der Waals surface area contributed by atoms with Crippen LogP contribution in [0.5, 0.6) is 5.75 Å². The molecule has 2 N–H and O–H groups in total. The first kappa shape index (κ1) is 11.1. The Kier molecular flexibility index (Phi) is 3.04. The first-order chi connectivity index (χ1) is 8.34. The van der Waals surface area contributed by atoms with E-state index in [1.54, 1.807) is 0 Å². The average molecular weight is 233 g/mol. The summed E-state index contributed by atoms with van der Waals surface area (Å²) in [6.45, 7) is 2.14. The molecule has 0 aromatic heterocycles. The number of nitrogens with one attached hydrogen (secondary N) is 1. The standard InChI is InChI=1S/C14H19NO2/c16-12-9-14(10-5-7-15-8-6-10)17-13-4-2-1-3-11(12)13/h1-4,10,12,14-16H,5-9H2. The van der Waals surface area contributed by atoms with Crippen LogP contribution in [0.4, 0.5) is 0 Å². The number of aliphatic hydroxyl groups excluding tert-OH is 1. The Hall–Kier alpha value is -1.06. The van der Waals surface area contributed by atoms with E-state index in [9.17, 15) is 5.11 Å². The van der Waals surface area contributed by atoms with Crippen molar-refractivity contribution in [3.8, 4) is 5.75 Å². The van der Waals surface area contributed by atoms with Crippen molar-refractivity contribution < 1.29 is 9.84 Å². The Labute approximate surface area is 102 Å². The fourth-order valence-corrected chi connectivity index (χ4v) is 2.93. The third kappa shape index (κ3) is 2.17. The molecule has 2 atom stereocenters. The van der Waals surface area contributed by atoms with Crippen molar-refractivity contribution in [1.82, 2.24) is 5.32 Å². The van der Waals surface area contributed by atoms with E-state index in [0.29, 0.717) is 5.92 Å². The van der Waals surface area contributed by atoms with E-state index in [1.165, 1.54) is 0 Å². The van der Waals surface area contributed by atoms with Crippen LogP contribution >= 0.6 is 0 Å². The van der Waals surface area contributed by atoms with Crippen LogP contribution in [0.15, 0.2) is 24.3 Å². The normalized spacial score (nSPS) is 29.5. The summed E-state index contributed by atoms with van der Waals surface area (Å²) in [4.78, 5) is 0. The summed E-state index contributed by atoms with van der Waals surface area (Å²) in [5.74, 6) is 1.45. The van der Waals surface area contributed by atoms with Crippen molar-refractivity contribution in [2.75, 3.05) is 13.1 Å². The molecule has 2 heterocycles. The van der Waals surface area contributed by atoms with Crippen molar-refractivity contribution in [3.05, 3.63) is 29.8 Å². The molecule has 0 radical (unpaired) electrons. The number of aliphatic hydroxyl groups is 1. The minimum atomic E-state index is -0.361. The number of piperidine rings is 1. The van der Waals surface area contributed by atoms with Gasteiger partial charge in [0.2, 0.25) is 0 Å². The number of fused-ring (bicyclic) bond motifs is 1. The maximum absolute atomic E-state index is 10.2. The zero-order valence-corrected chi connectivity index (χ0v) is 9.93. The van der Waals surface area contributed by atoms with Gasteiger partial charge in [-0.05, 0) is 37.9 Å². The molecular weight excluding hydrogens is 214 g/mol. The Morgan fingerprint density at radius 3 is 2.76 bits per heavy atom. The van der Waals surface area contributed by atoms with Crippen LogP contribution < -0.4 is 10.1 Å². The van der Waals surface area contributed by atoms with Crippen molar-refractivity contribution in [2.24, 2.45) is 5.92 Å². The van der Waals surface area contributed by atoms with Crippen LogP contribution in [0.25, 0.3) is 0 Å².